The summed E-state index contributed by atoms with van der Waals surface area (Å²) in [5.74, 6) is 0.563. The van der Waals surface area contributed by atoms with E-state index in [0.717, 1.165) is 30.6 Å². The number of amides is 1. The van der Waals surface area contributed by atoms with E-state index in [0.29, 0.717) is 6.54 Å². The molecule has 1 heterocycles. The molecule has 0 fully saturated rings. The summed E-state index contributed by atoms with van der Waals surface area (Å²) < 4.78 is 6.59. The number of hydrogen-bond acceptors (Lipinski definition) is 5. The summed E-state index contributed by atoms with van der Waals surface area (Å²) in [6.07, 6.45) is 8.66. The highest BCUT2D eigenvalue weighted by atomic mass is 16.5. The van der Waals surface area contributed by atoms with Crippen molar-refractivity contribution in [1.82, 2.24) is 20.1 Å². The van der Waals surface area contributed by atoms with E-state index in [1.54, 1.807) is 31.4 Å². The lowest BCUT2D eigenvalue weighted by Crippen LogP contribution is -2.26. The van der Waals surface area contributed by atoms with Crippen LogP contribution in [0, 0.1) is 0 Å². The number of rotatable bonds is 8. The molecule has 1 aliphatic rings. The molecule has 1 aromatic carbocycles. The van der Waals surface area contributed by atoms with Crippen LogP contribution in [-0.4, -0.2) is 39.4 Å². The van der Waals surface area contributed by atoms with E-state index in [1.165, 1.54) is 29.4 Å². The molecule has 0 radical (unpaired) electrons. The summed E-state index contributed by atoms with van der Waals surface area (Å²) in [5.41, 5.74) is 2.17. The zero-order chi connectivity index (χ0) is 19.1. The third-order valence-electron chi connectivity index (χ3n) is 4.72. The van der Waals surface area contributed by atoms with E-state index in [2.05, 4.69) is 21.5 Å². The van der Waals surface area contributed by atoms with Crippen molar-refractivity contribution in [3.05, 3.63) is 53.6 Å². The third-order valence-corrected chi connectivity index (χ3v) is 4.72. The second-order valence-electron chi connectivity index (χ2n) is 6.69. The summed E-state index contributed by atoms with van der Waals surface area (Å²) in [6.45, 7) is 0.813. The SMILES string of the molecule is COc1ccc([C@@H](O)Cn2cnc(C(=O)NCCC3=CCCCC3)n2)cc1. The van der Waals surface area contributed by atoms with Crippen molar-refractivity contribution in [1.29, 1.82) is 0 Å². The van der Waals surface area contributed by atoms with E-state index >= 15 is 0 Å². The largest absolute Gasteiger partial charge is 0.497 e. The second kappa shape index (κ2) is 9.32. The molecule has 1 aromatic heterocycles. The predicted molar refractivity (Wildman–Crippen MR) is 101 cm³/mol. The zero-order valence-electron chi connectivity index (χ0n) is 15.6. The van der Waals surface area contributed by atoms with Crippen molar-refractivity contribution >= 4 is 5.91 Å². The van der Waals surface area contributed by atoms with Gasteiger partial charge < -0.3 is 15.2 Å². The number of carbonyl (C=O) groups is 1. The van der Waals surface area contributed by atoms with Gasteiger partial charge in [0.15, 0.2) is 0 Å². The van der Waals surface area contributed by atoms with Crippen molar-refractivity contribution in [3.63, 3.8) is 0 Å². The van der Waals surface area contributed by atoms with Crippen LogP contribution in [0.1, 0.15) is 54.4 Å². The molecular formula is C20H26N4O3. The molecule has 0 saturated carbocycles. The maximum absolute atomic E-state index is 12.2. The van der Waals surface area contributed by atoms with Crippen molar-refractivity contribution in [2.75, 3.05) is 13.7 Å². The summed E-state index contributed by atoms with van der Waals surface area (Å²) in [5, 5.41) is 17.4. The first kappa shape index (κ1) is 19.1. The number of carbonyl (C=O) groups excluding carboxylic acids is 1. The molecule has 27 heavy (non-hydrogen) atoms. The first-order valence-corrected chi connectivity index (χ1v) is 9.33. The van der Waals surface area contributed by atoms with Gasteiger partial charge in [0, 0.05) is 6.54 Å². The average Bonchev–Trinajstić information content (AvgIpc) is 3.17. The van der Waals surface area contributed by atoms with Gasteiger partial charge in [-0.05, 0) is 49.8 Å². The summed E-state index contributed by atoms with van der Waals surface area (Å²) in [7, 11) is 1.60. The Morgan fingerprint density at radius 1 is 1.33 bits per heavy atom. The van der Waals surface area contributed by atoms with Gasteiger partial charge in [0.2, 0.25) is 5.82 Å². The van der Waals surface area contributed by atoms with Crippen molar-refractivity contribution < 1.29 is 14.6 Å². The van der Waals surface area contributed by atoms with Crippen molar-refractivity contribution in [3.8, 4) is 5.75 Å². The Kier molecular flexibility index (Phi) is 6.59. The van der Waals surface area contributed by atoms with Crippen LogP contribution >= 0.6 is 0 Å². The van der Waals surface area contributed by atoms with Gasteiger partial charge in [-0.2, -0.15) is 0 Å². The molecule has 0 aliphatic heterocycles. The minimum atomic E-state index is -0.744. The fourth-order valence-corrected chi connectivity index (χ4v) is 3.14. The highest BCUT2D eigenvalue weighted by Gasteiger charge is 2.14. The molecule has 7 nitrogen and oxygen atoms in total. The average molecular weight is 370 g/mol. The standard InChI is InChI=1S/C20H26N4O3/c1-27-17-9-7-16(8-10-17)18(25)13-24-14-22-19(23-24)20(26)21-12-11-15-5-3-2-4-6-15/h5,7-10,14,18,25H,2-4,6,11-13H2,1H3,(H,21,26)/t18-/m0/s1. The van der Waals surface area contributed by atoms with Gasteiger partial charge in [-0.25, -0.2) is 9.67 Å². The number of hydrogen-bond donors (Lipinski definition) is 2. The molecule has 144 valence electrons. The topological polar surface area (TPSA) is 89.3 Å². The number of benzene rings is 1. The van der Waals surface area contributed by atoms with Crippen LogP contribution in [0.4, 0.5) is 0 Å². The van der Waals surface area contributed by atoms with E-state index < -0.39 is 6.10 Å². The monoisotopic (exact) mass is 370 g/mol. The van der Waals surface area contributed by atoms with Gasteiger partial charge in [-0.15, -0.1) is 5.10 Å². The molecule has 2 N–H and O–H groups in total. The van der Waals surface area contributed by atoms with E-state index in [4.69, 9.17) is 4.74 Å². The lowest BCUT2D eigenvalue weighted by atomic mass is 9.97. The molecule has 3 rings (SSSR count). The minimum absolute atomic E-state index is 0.120. The van der Waals surface area contributed by atoms with Crippen LogP contribution in [0.25, 0.3) is 0 Å². The van der Waals surface area contributed by atoms with Crippen molar-refractivity contribution in [2.24, 2.45) is 0 Å². The van der Waals surface area contributed by atoms with Crippen LogP contribution < -0.4 is 10.1 Å². The Morgan fingerprint density at radius 3 is 2.85 bits per heavy atom. The zero-order valence-corrected chi connectivity index (χ0v) is 15.6. The van der Waals surface area contributed by atoms with E-state index in [1.807, 2.05) is 0 Å². The van der Waals surface area contributed by atoms with Gasteiger partial charge in [0.05, 0.1) is 19.8 Å². The number of ether oxygens (including phenoxy) is 1. The molecule has 7 heteroatoms. The number of aromatic nitrogens is 3. The van der Waals surface area contributed by atoms with Crippen molar-refractivity contribution in [2.45, 2.75) is 44.8 Å². The number of methoxy groups -OCH3 is 1. The quantitative estimate of drug-likeness (QED) is 0.697. The Hall–Kier alpha value is -2.67. The first-order chi connectivity index (χ1) is 13.2. The van der Waals surface area contributed by atoms with Crippen LogP contribution in [0.2, 0.25) is 0 Å². The van der Waals surface area contributed by atoms with Gasteiger partial charge in [-0.1, -0.05) is 23.8 Å². The molecule has 0 bridgehead atoms. The molecular weight excluding hydrogens is 344 g/mol. The number of nitrogens with zero attached hydrogens (tertiary/aromatic N) is 3. The van der Waals surface area contributed by atoms with Gasteiger partial charge in [0.1, 0.15) is 12.1 Å². The van der Waals surface area contributed by atoms with Gasteiger partial charge in [-0.3, -0.25) is 4.79 Å². The third kappa shape index (κ3) is 5.40. The maximum Gasteiger partial charge on any atom is 0.290 e. The Balaban J connectivity index is 1.49. The first-order valence-electron chi connectivity index (χ1n) is 9.33. The fraction of sp³-hybridized carbons (Fsp3) is 0.450. The number of aliphatic hydroxyl groups is 1. The number of aliphatic hydroxyl groups excluding tert-OH is 1. The maximum atomic E-state index is 12.2. The molecule has 0 saturated heterocycles. The molecule has 1 amide bonds. The molecule has 0 unspecified atom stereocenters. The lowest BCUT2D eigenvalue weighted by Gasteiger charge is -2.12. The van der Waals surface area contributed by atoms with Crippen LogP contribution in [0.3, 0.4) is 0 Å². The van der Waals surface area contributed by atoms with Gasteiger partial charge in [0.25, 0.3) is 5.91 Å². The second-order valence-corrected chi connectivity index (χ2v) is 6.69. The Bertz CT molecular complexity index is 783. The Morgan fingerprint density at radius 2 is 2.15 bits per heavy atom. The number of allylic oxidation sites excluding steroid dienone is 1. The van der Waals surface area contributed by atoms with Crippen LogP contribution in [-0.2, 0) is 6.54 Å². The smallest absolute Gasteiger partial charge is 0.290 e. The van der Waals surface area contributed by atoms with Crippen LogP contribution in [0.15, 0.2) is 42.2 Å². The molecule has 1 aliphatic carbocycles. The summed E-state index contributed by atoms with van der Waals surface area (Å²) >= 11 is 0. The van der Waals surface area contributed by atoms with Gasteiger partial charge >= 0.3 is 0 Å². The van der Waals surface area contributed by atoms with E-state index in [-0.39, 0.29) is 18.3 Å². The molecule has 2 aromatic rings. The molecule has 0 spiro atoms. The predicted octanol–water partition coefficient (Wildman–Crippen LogP) is 2.64. The fourth-order valence-electron chi connectivity index (χ4n) is 3.14. The summed E-state index contributed by atoms with van der Waals surface area (Å²) in [6, 6.07) is 7.18. The normalized spacial score (nSPS) is 15.1. The lowest BCUT2D eigenvalue weighted by molar-refractivity contribution is 0.0941. The molecule has 1 atom stereocenters. The Labute approximate surface area is 159 Å². The van der Waals surface area contributed by atoms with E-state index in [9.17, 15) is 9.90 Å². The number of nitrogens with one attached hydrogen (secondary N) is 1. The highest BCUT2D eigenvalue weighted by molar-refractivity contribution is 5.90. The summed E-state index contributed by atoms with van der Waals surface area (Å²) in [4.78, 5) is 16.2. The highest BCUT2D eigenvalue weighted by Crippen LogP contribution is 2.20. The van der Waals surface area contributed by atoms with Crippen LogP contribution in [0.5, 0.6) is 5.75 Å². The minimum Gasteiger partial charge on any atom is -0.497 e.